The summed E-state index contributed by atoms with van der Waals surface area (Å²) in [6.45, 7) is 6.55. The van der Waals surface area contributed by atoms with E-state index >= 15 is 0 Å². The van der Waals surface area contributed by atoms with Crippen LogP contribution in [-0.4, -0.2) is 36.2 Å². The molecule has 106 valence electrons. The van der Waals surface area contributed by atoms with Gasteiger partial charge in [0, 0.05) is 26.3 Å². The largest absolute Gasteiger partial charge is 0.382 e. The number of ether oxygens (including phenoxy) is 1. The van der Waals surface area contributed by atoms with Gasteiger partial charge >= 0.3 is 0 Å². The van der Waals surface area contributed by atoms with Crippen LogP contribution in [0.4, 0.5) is 17.3 Å². The minimum Gasteiger partial charge on any atom is -0.382 e. The molecule has 0 unspecified atom stereocenters. The van der Waals surface area contributed by atoms with Crippen molar-refractivity contribution < 1.29 is 9.66 Å². The van der Waals surface area contributed by atoms with Crippen molar-refractivity contribution in [3.8, 4) is 0 Å². The molecule has 0 aliphatic carbocycles. The lowest BCUT2D eigenvalue weighted by Gasteiger charge is -2.08. The van der Waals surface area contributed by atoms with Gasteiger partial charge in [-0.3, -0.25) is 10.1 Å². The number of nitro groups is 1. The summed E-state index contributed by atoms with van der Waals surface area (Å²) in [7, 11) is 0. The van der Waals surface area contributed by atoms with Crippen LogP contribution in [0.5, 0.6) is 0 Å². The van der Waals surface area contributed by atoms with Crippen molar-refractivity contribution in [1.82, 2.24) is 4.98 Å². The fourth-order valence-corrected chi connectivity index (χ4v) is 1.52. The summed E-state index contributed by atoms with van der Waals surface area (Å²) in [5.41, 5.74) is 0.0262. The van der Waals surface area contributed by atoms with E-state index in [0.29, 0.717) is 37.9 Å². The Kier molecular flexibility index (Phi) is 6.59. The Morgan fingerprint density at radius 2 is 2.00 bits per heavy atom. The first-order valence-corrected chi connectivity index (χ1v) is 6.39. The van der Waals surface area contributed by atoms with E-state index in [0.717, 1.165) is 6.42 Å². The molecule has 7 nitrogen and oxygen atoms in total. The van der Waals surface area contributed by atoms with E-state index < -0.39 is 4.92 Å². The average molecular weight is 268 g/mol. The third-order valence-electron chi connectivity index (χ3n) is 2.35. The molecule has 1 heterocycles. The maximum Gasteiger partial charge on any atom is 0.276 e. The number of anilines is 2. The van der Waals surface area contributed by atoms with Gasteiger partial charge in [-0.2, -0.15) is 0 Å². The molecule has 0 aliphatic rings. The van der Waals surface area contributed by atoms with Gasteiger partial charge in [0.25, 0.3) is 5.69 Å². The highest BCUT2D eigenvalue weighted by Crippen LogP contribution is 2.20. The molecule has 0 spiro atoms. The van der Waals surface area contributed by atoms with E-state index in [1.54, 1.807) is 0 Å². The zero-order valence-corrected chi connectivity index (χ0v) is 11.3. The van der Waals surface area contributed by atoms with Crippen molar-refractivity contribution in [2.75, 3.05) is 36.9 Å². The zero-order chi connectivity index (χ0) is 14.1. The lowest BCUT2D eigenvalue weighted by Crippen LogP contribution is -2.09. The molecule has 0 bridgehead atoms. The number of nitrogens with zero attached hydrogens (tertiary/aromatic N) is 2. The van der Waals surface area contributed by atoms with E-state index in [9.17, 15) is 10.1 Å². The summed E-state index contributed by atoms with van der Waals surface area (Å²) >= 11 is 0. The van der Waals surface area contributed by atoms with E-state index in [1.165, 1.54) is 12.1 Å². The second-order valence-corrected chi connectivity index (χ2v) is 3.86. The van der Waals surface area contributed by atoms with E-state index in [1.807, 2.05) is 13.8 Å². The van der Waals surface area contributed by atoms with Crippen LogP contribution in [0.15, 0.2) is 12.1 Å². The lowest BCUT2D eigenvalue weighted by molar-refractivity contribution is -0.384. The molecule has 2 N–H and O–H groups in total. The predicted molar refractivity (Wildman–Crippen MR) is 74.7 cm³/mol. The maximum absolute atomic E-state index is 10.8. The number of hydrogen-bond acceptors (Lipinski definition) is 6. The highest BCUT2D eigenvalue weighted by atomic mass is 16.6. The van der Waals surface area contributed by atoms with Crippen LogP contribution >= 0.6 is 0 Å². The Bertz CT molecular complexity index is 412. The van der Waals surface area contributed by atoms with Crippen molar-refractivity contribution in [2.45, 2.75) is 20.3 Å². The highest BCUT2D eigenvalue weighted by Gasteiger charge is 2.10. The zero-order valence-electron chi connectivity index (χ0n) is 11.3. The second-order valence-electron chi connectivity index (χ2n) is 3.86. The SMILES string of the molecule is CCNc1cc([N+](=O)[O-])cc(NCCCOCC)n1. The van der Waals surface area contributed by atoms with Crippen molar-refractivity contribution in [3.05, 3.63) is 22.2 Å². The van der Waals surface area contributed by atoms with Gasteiger partial charge < -0.3 is 15.4 Å². The summed E-state index contributed by atoms with van der Waals surface area (Å²) in [6, 6.07) is 2.86. The first-order valence-electron chi connectivity index (χ1n) is 6.39. The predicted octanol–water partition coefficient (Wildman–Crippen LogP) is 2.26. The van der Waals surface area contributed by atoms with Gasteiger partial charge in [0.1, 0.15) is 11.6 Å². The monoisotopic (exact) mass is 268 g/mol. The minimum absolute atomic E-state index is 0.0262. The minimum atomic E-state index is -0.423. The molecular formula is C12H20N4O3. The van der Waals surface area contributed by atoms with Crippen molar-refractivity contribution in [3.63, 3.8) is 0 Å². The molecule has 1 rings (SSSR count). The normalized spacial score (nSPS) is 10.2. The molecule has 0 saturated heterocycles. The van der Waals surface area contributed by atoms with Gasteiger partial charge in [-0.15, -0.1) is 0 Å². The summed E-state index contributed by atoms with van der Waals surface area (Å²) in [5.74, 6) is 1.01. The Hall–Kier alpha value is -1.89. The third-order valence-corrected chi connectivity index (χ3v) is 2.35. The number of rotatable bonds is 9. The molecule has 1 aromatic rings. The first kappa shape index (κ1) is 15.2. The molecule has 7 heteroatoms. The number of hydrogen-bond donors (Lipinski definition) is 2. The smallest absolute Gasteiger partial charge is 0.276 e. The van der Waals surface area contributed by atoms with Crippen LogP contribution in [0.1, 0.15) is 20.3 Å². The lowest BCUT2D eigenvalue weighted by atomic mass is 10.3. The molecular weight excluding hydrogens is 248 g/mol. The fraction of sp³-hybridized carbons (Fsp3) is 0.583. The van der Waals surface area contributed by atoms with Gasteiger partial charge in [0.05, 0.1) is 17.1 Å². The second kappa shape index (κ2) is 8.25. The molecule has 0 atom stereocenters. The van der Waals surface area contributed by atoms with E-state index in [2.05, 4.69) is 15.6 Å². The summed E-state index contributed by atoms with van der Waals surface area (Å²) in [6.07, 6.45) is 0.828. The Morgan fingerprint density at radius 3 is 2.58 bits per heavy atom. The van der Waals surface area contributed by atoms with E-state index in [4.69, 9.17) is 4.74 Å². The van der Waals surface area contributed by atoms with Gasteiger partial charge in [0.15, 0.2) is 0 Å². The van der Waals surface area contributed by atoms with Crippen LogP contribution < -0.4 is 10.6 Å². The van der Waals surface area contributed by atoms with Crippen LogP contribution in [0, 0.1) is 10.1 Å². The van der Waals surface area contributed by atoms with Crippen LogP contribution in [-0.2, 0) is 4.74 Å². The first-order chi connectivity index (χ1) is 9.17. The maximum atomic E-state index is 10.8. The quantitative estimate of drug-likeness (QED) is 0.405. The molecule has 0 aliphatic heterocycles. The molecule has 0 aromatic carbocycles. The summed E-state index contributed by atoms with van der Waals surface area (Å²) in [5, 5.41) is 16.9. The van der Waals surface area contributed by atoms with Gasteiger partial charge in [0.2, 0.25) is 0 Å². The Balaban J connectivity index is 2.62. The molecule has 0 fully saturated rings. The number of pyridine rings is 1. The average Bonchev–Trinajstić information content (AvgIpc) is 2.38. The summed E-state index contributed by atoms with van der Waals surface area (Å²) in [4.78, 5) is 14.7. The molecule has 0 radical (unpaired) electrons. The number of aromatic nitrogens is 1. The van der Waals surface area contributed by atoms with Crippen molar-refractivity contribution >= 4 is 17.3 Å². The van der Waals surface area contributed by atoms with Gasteiger partial charge in [-0.05, 0) is 20.3 Å². The molecule has 19 heavy (non-hydrogen) atoms. The van der Waals surface area contributed by atoms with E-state index in [-0.39, 0.29) is 5.69 Å². The highest BCUT2D eigenvalue weighted by molar-refractivity contribution is 5.54. The van der Waals surface area contributed by atoms with Gasteiger partial charge in [-0.1, -0.05) is 0 Å². The Morgan fingerprint density at radius 1 is 1.32 bits per heavy atom. The van der Waals surface area contributed by atoms with Crippen LogP contribution in [0.3, 0.4) is 0 Å². The molecule has 0 amide bonds. The number of nitrogens with one attached hydrogen (secondary N) is 2. The van der Waals surface area contributed by atoms with Crippen molar-refractivity contribution in [1.29, 1.82) is 0 Å². The Labute approximate surface area is 112 Å². The van der Waals surface area contributed by atoms with Crippen LogP contribution in [0.25, 0.3) is 0 Å². The summed E-state index contributed by atoms with van der Waals surface area (Å²) < 4.78 is 5.21. The van der Waals surface area contributed by atoms with Gasteiger partial charge in [-0.25, -0.2) is 4.98 Å². The molecule has 0 saturated carbocycles. The third kappa shape index (κ3) is 5.52. The topological polar surface area (TPSA) is 89.3 Å². The van der Waals surface area contributed by atoms with Crippen molar-refractivity contribution in [2.24, 2.45) is 0 Å². The van der Waals surface area contributed by atoms with Crippen LogP contribution in [0.2, 0.25) is 0 Å². The fourth-order valence-electron chi connectivity index (χ4n) is 1.52. The molecule has 1 aromatic heterocycles. The standard InChI is InChI=1S/C12H20N4O3/c1-3-13-11-8-10(16(17)18)9-12(15-11)14-6-5-7-19-4-2/h8-9H,3-7H2,1-2H3,(H2,13,14,15).